The number of halogens is 1. The van der Waals surface area contributed by atoms with Crippen molar-refractivity contribution in [1.82, 2.24) is 0 Å². The minimum Gasteiger partial charge on any atom is -0.496 e. The van der Waals surface area contributed by atoms with E-state index in [0.29, 0.717) is 17.9 Å². The highest BCUT2D eigenvalue weighted by atomic mass is 19.1. The van der Waals surface area contributed by atoms with E-state index in [1.54, 1.807) is 19.2 Å². The Morgan fingerprint density at radius 1 is 1.17 bits per heavy atom. The molecule has 0 heterocycles. The van der Waals surface area contributed by atoms with Gasteiger partial charge in [0.05, 0.1) is 18.5 Å². The highest BCUT2D eigenvalue weighted by molar-refractivity contribution is 5.66. The van der Waals surface area contributed by atoms with Gasteiger partial charge in [0.1, 0.15) is 11.6 Å². The lowest BCUT2D eigenvalue weighted by Gasteiger charge is -2.12. The minimum atomic E-state index is -0.357. The van der Waals surface area contributed by atoms with Crippen LogP contribution in [0.4, 0.5) is 15.8 Å². The lowest BCUT2D eigenvalue weighted by atomic mass is 10.2. The van der Waals surface area contributed by atoms with Crippen LogP contribution in [0.3, 0.4) is 0 Å². The van der Waals surface area contributed by atoms with E-state index in [0.717, 1.165) is 11.3 Å². The predicted octanol–water partition coefficient (Wildman–Crippen LogP) is 3.03. The maximum atomic E-state index is 13.6. The van der Waals surface area contributed by atoms with Crippen molar-refractivity contribution in [1.29, 1.82) is 0 Å². The summed E-state index contributed by atoms with van der Waals surface area (Å²) < 4.78 is 18.8. The quantitative estimate of drug-likeness (QED) is 0.815. The normalized spacial score (nSPS) is 10.1. The molecule has 0 unspecified atom stereocenters. The molecule has 0 aliphatic rings. The van der Waals surface area contributed by atoms with Crippen LogP contribution in [0.15, 0.2) is 42.5 Å². The second-order valence-electron chi connectivity index (χ2n) is 3.87. The fourth-order valence-electron chi connectivity index (χ4n) is 1.76. The van der Waals surface area contributed by atoms with Crippen LogP contribution < -0.4 is 15.8 Å². The van der Waals surface area contributed by atoms with Gasteiger partial charge < -0.3 is 15.8 Å². The Bertz CT molecular complexity index is 523. The molecular formula is C14H15FN2O. The van der Waals surface area contributed by atoms with Gasteiger partial charge in [0.15, 0.2) is 0 Å². The van der Waals surface area contributed by atoms with Gasteiger partial charge in [0, 0.05) is 12.1 Å². The van der Waals surface area contributed by atoms with Gasteiger partial charge in [-0.15, -0.1) is 0 Å². The van der Waals surface area contributed by atoms with E-state index in [2.05, 4.69) is 5.32 Å². The summed E-state index contributed by atoms with van der Waals surface area (Å²) in [6.45, 7) is 0.454. The zero-order chi connectivity index (χ0) is 13.0. The summed E-state index contributed by atoms with van der Waals surface area (Å²) in [5.41, 5.74) is 7.39. The number of methoxy groups -OCH3 is 1. The third-order valence-corrected chi connectivity index (χ3v) is 2.69. The third-order valence-electron chi connectivity index (χ3n) is 2.69. The van der Waals surface area contributed by atoms with Crippen LogP contribution >= 0.6 is 0 Å². The summed E-state index contributed by atoms with van der Waals surface area (Å²) in [4.78, 5) is 0. The molecule has 18 heavy (non-hydrogen) atoms. The van der Waals surface area contributed by atoms with Crippen LogP contribution in [0.5, 0.6) is 5.75 Å². The minimum absolute atomic E-state index is 0.323. The molecule has 0 aromatic heterocycles. The molecule has 0 bridgehead atoms. The number of para-hydroxylation sites is 2. The first-order valence-corrected chi connectivity index (χ1v) is 5.62. The van der Waals surface area contributed by atoms with Crippen LogP contribution in [0.25, 0.3) is 0 Å². The van der Waals surface area contributed by atoms with Crippen molar-refractivity contribution in [2.45, 2.75) is 6.54 Å². The maximum Gasteiger partial charge on any atom is 0.148 e. The van der Waals surface area contributed by atoms with Crippen LogP contribution in [0, 0.1) is 5.82 Å². The smallest absolute Gasteiger partial charge is 0.148 e. The van der Waals surface area contributed by atoms with Gasteiger partial charge in [-0.3, -0.25) is 0 Å². The first-order valence-electron chi connectivity index (χ1n) is 5.62. The van der Waals surface area contributed by atoms with Crippen LogP contribution in [-0.4, -0.2) is 7.11 Å². The maximum absolute atomic E-state index is 13.6. The average Bonchev–Trinajstić information content (AvgIpc) is 2.38. The summed E-state index contributed by atoms with van der Waals surface area (Å²) in [6.07, 6.45) is 0. The molecule has 0 atom stereocenters. The van der Waals surface area contributed by atoms with Gasteiger partial charge in [-0.2, -0.15) is 0 Å². The first kappa shape index (κ1) is 12.2. The number of nitrogen functional groups attached to an aromatic ring is 1. The average molecular weight is 246 g/mol. The molecule has 0 aliphatic heterocycles. The Balaban J connectivity index is 2.16. The van der Waals surface area contributed by atoms with Gasteiger partial charge in [-0.05, 0) is 18.2 Å². The number of hydrogen-bond donors (Lipinski definition) is 2. The summed E-state index contributed by atoms with van der Waals surface area (Å²) in [6, 6.07) is 12.2. The molecule has 3 nitrogen and oxygen atoms in total. The van der Waals surface area contributed by atoms with Gasteiger partial charge >= 0.3 is 0 Å². The van der Waals surface area contributed by atoms with Gasteiger partial charge in [0.25, 0.3) is 0 Å². The highest BCUT2D eigenvalue weighted by Crippen LogP contribution is 2.24. The van der Waals surface area contributed by atoms with E-state index in [9.17, 15) is 4.39 Å². The van der Waals surface area contributed by atoms with Crippen LogP contribution in [0.2, 0.25) is 0 Å². The number of benzene rings is 2. The van der Waals surface area contributed by atoms with Crippen molar-refractivity contribution < 1.29 is 9.13 Å². The molecule has 2 rings (SSSR count). The van der Waals surface area contributed by atoms with E-state index >= 15 is 0 Å². The molecule has 0 aliphatic carbocycles. The van der Waals surface area contributed by atoms with Crippen LogP contribution in [0.1, 0.15) is 5.56 Å². The zero-order valence-corrected chi connectivity index (χ0v) is 10.1. The summed E-state index contributed by atoms with van der Waals surface area (Å²) in [5, 5.41) is 2.99. The number of ether oxygens (including phenoxy) is 1. The van der Waals surface area contributed by atoms with E-state index in [1.807, 2.05) is 24.3 Å². The SMILES string of the molecule is COc1ccccc1CNc1c(N)cccc1F. The Kier molecular flexibility index (Phi) is 3.67. The molecule has 2 aromatic rings. The fourth-order valence-corrected chi connectivity index (χ4v) is 1.76. The van der Waals surface area contributed by atoms with Crippen molar-refractivity contribution in [3.8, 4) is 5.75 Å². The molecule has 0 spiro atoms. The molecule has 0 amide bonds. The van der Waals surface area contributed by atoms with Crippen LogP contribution in [-0.2, 0) is 6.54 Å². The Labute approximate surface area is 105 Å². The monoisotopic (exact) mass is 246 g/mol. The van der Waals surface area contributed by atoms with Crippen molar-refractivity contribution >= 4 is 11.4 Å². The molecule has 0 saturated carbocycles. The molecular weight excluding hydrogens is 231 g/mol. The van der Waals surface area contributed by atoms with Gasteiger partial charge in [0.2, 0.25) is 0 Å². The van der Waals surface area contributed by atoms with E-state index in [4.69, 9.17) is 10.5 Å². The number of anilines is 2. The number of nitrogens with two attached hydrogens (primary N) is 1. The second kappa shape index (κ2) is 5.40. The first-order chi connectivity index (χ1) is 8.72. The molecule has 0 fully saturated rings. The Morgan fingerprint density at radius 2 is 1.94 bits per heavy atom. The topological polar surface area (TPSA) is 47.3 Å². The van der Waals surface area contributed by atoms with Crippen molar-refractivity contribution in [3.63, 3.8) is 0 Å². The molecule has 0 saturated heterocycles. The largest absolute Gasteiger partial charge is 0.496 e. The number of nitrogens with one attached hydrogen (secondary N) is 1. The molecule has 0 radical (unpaired) electrons. The highest BCUT2D eigenvalue weighted by Gasteiger charge is 2.07. The number of hydrogen-bond acceptors (Lipinski definition) is 3. The van der Waals surface area contributed by atoms with E-state index < -0.39 is 0 Å². The lowest BCUT2D eigenvalue weighted by Crippen LogP contribution is -2.05. The van der Waals surface area contributed by atoms with E-state index in [-0.39, 0.29) is 5.82 Å². The fraction of sp³-hybridized carbons (Fsp3) is 0.143. The predicted molar refractivity (Wildman–Crippen MR) is 71.1 cm³/mol. The summed E-state index contributed by atoms with van der Waals surface area (Å²) >= 11 is 0. The third kappa shape index (κ3) is 2.53. The van der Waals surface area contributed by atoms with E-state index in [1.165, 1.54) is 6.07 Å². The zero-order valence-electron chi connectivity index (χ0n) is 10.1. The van der Waals surface area contributed by atoms with Crippen molar-refractivity contribution in [2.75, 3.05) is 18.2 Å². The van der Waals surface area contributed by atoms with Crippen molar-refractivity contribution in [3.05, 3.63) is 53.8 Å². The molecule has 2 aromatic carbocycles. The Hall–Kier alpha value is -2.23. The summed E-state index contributed by atoms with van der Waals surface area (Å²) in [7, 11) is 1.61. The van der Waals surface area contributed by atoms with Crippen molar-refractivity contribution in [2.24, 2.45) is 0 Å². The standard InChI is InChI=1S/C14H15FN2O/c1-18-13-8-3-2-5-10(13)9-17-14-11(15)6-4-7-12(14)16/h2-8,17H,9,16H2,1H3. The molecule has 94 valence electrons. The number of rotatable bonds is 4. The van der Waals surface area contributed by atoms with Gasteiger partial charge in [-0.1, -0.05) is 24.3 Å². The Morgan fingerprint density at radius 3 is 2.67 bits per heavy atom. The van der Waals surface area contributed by atoms with Gasteiger partial charge in [-0.25, -0.2) is 4.39 Å². The summed E-state index contributed by atoms with van der Waals surface area (Å²) in [5.74, 6) is 0.407. The molecule has 3 N–H and O–H groups in total. The second-order valence-corrected chi connectivity index (χ2v) is 3.87. The lowest BCUT2D eigenvalue weighted by molar-refractivity contribution is 0.410. The molecule has 4 heteroatoms.